The zero-order valence-corrected chi connectivity index (χ0v) is 15.1. The molecule has 2 aromatic heterocycles. The maximum Gasteiger partial charge on any atom is 0.322 e. The quantitative estimate of drug-likeness (QED) is 0.646. The summed E-state index contributed by atoms with van der Waals surface area (Å²) in [6.07, 6.45) is 2.77. The largest absolute Gasteiger partial charge is 0.347 e. The van der Waals surface area contributed by atoms with Gasteiger partial charge in [-0.3, -0.25) is 19.9 Å². The predicted octanol–water partition coefficient (Wildman–Crippen LogP) is 1.84. The van der Waals surface area contributed by atoms with E-state index in [-0.39, 0.29) is 24.8 Å². The Hall–Kier alpha value is -2.74. The van der Waals surface area contributed by atoms with Crippen molar-refractivity contribution >= 4 is 29.2 Å². The molecule has 1 aliphatic heterocycles. The molecule has 0 bridgehead atoms. The molecule has 136 valence electrons. The van der Waals surface area contributed by atoms with Crippen LogP contribution in [0.2, 0.25) is 0 Å². The third-order valence-corrected chi connectivity index (χ3v) is 4.99. The van der Waals surface area contributed by atoms with E-state index in [0.29, 0.717) is 6.42 Å². The molecule has 3 heterocycles. The number of hydrogen-bond acceptors (Lipinski definition) is 5. The van der Waals surface area contributed by atoms with Gasteiger partial charge in [0.15, 0.2) is 0 Å². The predicted molar refractivity (Wildman–Crippen MR) is 97.6 cm³/mol. The Kier molecular flexibility index (Phi) is 5.62. The van der Waals surface area contributed by atoms with Gasteiger partial charge in [-0.05, 0) is 53.8 Å². The summed E-state index contributed by atoms with van der Waals surface area (Å²) in [5.41, 5.74) is 2.97. The molecular formula is C18H20N4O3S. The number of pyridine rings is 1. The number of hydrogen-bond donors (Lipinski definition) is 3. The van der Waals surface area contributed by atoms with Gasteiger partial charge in [0.1, 0.15) is 6.04 Å². The number of thiophene rings is 1. The molecule has 0 radical (unpaired) electrons. The molecule has 0 spiro atoms. The van der Waals surface area contributed by atoms with Gasteiger partial charge in [0.05, 0.1) is 11.7 Å². The number of aromatic nitrogens is 1. The van der Waals surface area contributed by atoms with Crippen LogP contribution in [0, 0.1) is 6.92 Å². The summed E-state index contributed by atoms with van der Waals surface area (Å²) in [7, 11) is 0. The molecule has 1 saturated heterocycles. The van der Waals surface area contributed by atoms with Crippen molar-refractivity contribution in [3.63, 3.8) is 0 Å². The number of amides is 4. The number of aryl methyl sites for hydroxylation is 1. The van der Waals surface area contributed by atoms with Crippen molar-refractivity contribution in [2.45, 2.75) is 38.3 Å². The molecule has 4 amide bonds. The summed E-state index contributed by atoms with van der Waals surface area (Å²) >= 11 is 1.61. The first-order valence-corrected chi connectivity index (χ1v) is 9.30. The minimum Gasteiger partial charge on any atom is -0.347 e. The normalized spacial score (nSPS) is 17.5. The van der Waals surface area contributed by atoms with Gasteiger partial charge in [-0.2, -0.15) is 11.3 Å². The lowest BCUT2D eigenvalue weighted by Gasteiger charge is -2.20. The first-order chi connectivity index (χ1) is 12.5. The monoisotopic (exact) mass is 372 g/mol. The second-order valence-corrected chi connectivity index (χ2v) is 7.00. The Bertz CT molecular complexity index is 807. The average Bonchev–Trinajstić information content (AvgIpc) is 3.22. The molecule has 2 atom stereocenters. The highest BCUT2D eigenvalue weighted by atomic mass is 32.1. The van der Waals surface area contributed by atoms with E-state index < -0.39 is 18.0 Å². The van der Waals surface area contributed by atoms with Gasteiger partial charge in [-0.1, -0.05) is 6.07 Å². The summed E-state index contributed by atoms with van der Waals surface area (Å²) < 4.78 is 0. The summed E-state index contributed by atoms with van der Waals surface area (Å²) in [4.78, 5) is 39.6. The highest BCUT2D eigenvalue weighted by molar-refractivity contribution is 7.07. The maximum absolute atomic E-state index is 12.4. The van der Waals surface area contributed by atoms with Crippen molar-refractivity contribution in [3.8, 4) is 0 Å². The van der Waals surface area contributed by atoms with E-state index in [2.05, 4.69) is 26.3 Å². The van der Waals surface area contributed by atoms with Crippen molar-refractivity contribution in [1.82, 2.24) is 20.9 Å². The molecule has 0 aliphatic carbocycles. The van der Waals surface area contributed by atoms with Crippen LogP contribution in [0.25, 0.3) is 0 Å². The highest BCUT2D eigenvalue weighted by Crippen LogP contribution is 2.21. The van der Waals surface area contributed by atoms with Gasteiger partial charge in [0, 0.05) is 12.6 Å². The Morgan fingerprint density at radius 3 is 2.88 bits per heavy atom. The van der Waals surface area contributed by atoms with E-state index in [1.807, 2.05) is 30.5 Å². The number of imide groups is 1. The number of carbonyl (C=O) groups excluding carboxylic acids is 3. The van der Waals surface area contributed by atoms with E-state index in [4.69, 9.17) is 0 Å². The van der Waals surface area contributed by atoms with Gasteiger partial charge in [-0.25, -0.2) is 4.79 Å². The van der Waals surface area contributed by atoms with E-state index in [9.17, 15) is 14.4 Å². The molecule has 3 N–H and O–H groups in total. The Morgan fingerprint density at radius 1 is 1.38 bits per heavy atom. The molecule has 8 heteroatoms. The minimum absolute atomic E-state index is 0.143. The number of nitrogens with zero attached hydrogens (tertiary/aromatic N) is 1. The minimum atomic E-state index is -0.653. The van der Waals surface area contributed by atoms with Gasteiger partial charge >= 0.3 is 6.03 Å². The number of urea groups is 1. The molecule has 7 nitrogen and oxygen atoms in total. The van der Waals surface area contributed by atoms with E-state index in [0.717, 1.165) is 16.8 Å². The molecular weight excluding hydrogens is 352 g/mol. The van der Waals surface area contributed by atoms with Crippen LogP contribution in [-0.2, 0) is 16.0 Å². The molecule has 0 saturated carbocycles. The summed E-state index contributed by atoms with van der Waals surface area (Å²) in [6.45, 7) is 1.97. The fourth-order valence-electron chi connectivity index (χ4n) is 2.93. The molecule has 1 aliphatic rings. The van der Waals surface area contributed by atoms with Crippen LogP contribution in [0.4, 0.5) is 4.79 Å². The summed E-state index contributed by atoms with van der Waals surface area (Å²) in [6, 6.07) is 4.45. The van der Waals surface area contributed by atoms with Crippen molar-refractivity contribution in [2.24, 2.45) is 0 Å². The summed E-state index contributed by atoms with van der Waals surface area (Å²) in [5, 5.41) is 11.7. The van der Waals surface area contributed by atoms with Gasteiger partial charge in [-0.15, -0.1) is 0 Å². The fraction of sp³-hybridized carbons (Fsp3) is 0.333. The molecule has 3 rings (SSSR count). The second kappa shape index (κ2) is 8.09. The second-order valence-electron chi connectivity index (χ2n) is 6.22. The van der Waals surface area contributed by atoms with E-state index in [1.165, 1.54) is 0 Å². The van der Waals surface area contributed by atoms with Crippen LogP contribution >= 0.6 is 11.3 Å². The van der Waals surface area contributed by atoms with Crippen LogP contribution < -0.4 is 16.0 Å². The number of rotatable bonds is 7. The number of carbonyl (C=O) groups is 3. The highest BCUT2D eigenvalue weighted by Gasteiger charge is 2.30. The number of nitrogens with one attached hydrogen (secondary N) is 3. The topological polar surface area (TPSA) is 100 Å². The van der Waals surface area contributed by atoms with Crippen LogP contribution in [0.1, 0.15) is 35.7 Å². The Morgan fingerprint density at radius 2 is 2.23 bits per heavy atom. The van der Waals surface area contributed by atoms with E-state index in [1.54, 1.807) is 17.5 Å². The van der Waals surface area contributed by atoms with Crippen LogP contribution in [-0.4, -0.2) is 28.9 Å². The van der Waals surface area contributed by atoms with Gasteiger partial charge < -0.3 is 10.6 Å². The van der Waals surface area contributed by atoms with Crippen molar-refractivity contribution in [3.05, 3.63) is 52.0 Å². The standard InChI is InChI=1S/C18H20N4O3S/c1-11-3-2-7-19-16(11)14(9-12-6-8-26-10-12)20-15(23)5-4-13-17(24)22-18(25)21-13/h2-3,6-8,10,13-14H,4-5,9H2,1H3,(H,20,23)(H2,21,22,24,25)/t13-,14-/m0/s1. The average molecular weight is 372 g/mol. The Balaban J connectivity index is 1.65. The summed E-state index contributed by atoms with van der Waals surface area (Å²) in [5.74, 6) is -0.567. The van der Waals surface area contributed by atoms with Crippen LogP contribution in [0.5, 0.6) is 0 Å². The van der Waals surface area contributed by atoms with Crippen molar-refractivity contribution < 1.29 is 14.4 Å². The van der Waals surface area contributed by atoms with Crippen LogP contribution in [0.3, 0.4) is 0 Å². The Labute approximate surface area is 155 Å². The third-order valence-electron chi connectivity index (χ3n) is 4.25. The van der Waals surface area contributed by atoms with Crippen molar-refractivity contribution in [2.75, 3.05) is 0 Å². The molecule has 26 heavy (non-hydrogen) atoms. The lowest BCUT2D eigenvalue weighted by molar-refractivity contribution is -0.122. The SMILES string of the molecule is Cc1cccnc1[C@H](Cc1ccsc1)NC(=O)CC[C@@H]1NC(=O)NC1=O. The zero-order chi connectivity index (χ0) is 18.5. The molecule has 1 fully saturated rings. The third kappa shape index (κ3) is 4.45. The maximum atomic E-state index is 12.4. The molecule has 0 unspecified atom stereocenters. The molecule has 2 aromatic rings. The first kappa shape index (κ1) is 18.1. The van der Waals surface area contributed by atoms with Crippen molar-refractivity contribution in [1.29, 1.82) is 0 Å². The zero-order valence-electron chi connectivity index (χ0n) is 14.3. The fourth-order valence-corrected chi connectivity index (χ4v) is 3.61. The van der Waals surface area contributed by atoms with Gasteiger partial charge in [0.2, 0.25) is 5.91 Å². The lowest BCUT2D eigenvalue weighted by Crippen LogP contribution is -2.34. The smallest absolute Gasteiger partial charge is 0.322 e. The van der Waals surface area contributed by atoms with Crippen LogP contribution in [0.15, 0.2) is 35.2 Å². The lowest BCUT2D eigenvalue weighted by atomic mass is 10.0. The first-order valence-electron chi connectivity index (χ1n) is 8.36. The van der Waals surface area contributed by atoms with Gasteiger partial charge in [0.25, 0.3) is 5.91 Å². The molecule has 0 aromatic carbocycles. The van der Waals surface area contributed by atoms with E-state index >= 15 is 0 Å².